The van der Waals surface area contributed by atoms with Crippen molar-refractivity contribution in [2.75, 3.05) is 4.90 Å². The standard InChI is InChI=1S/C42H28N2O/c1-3-12-29(13-4-1)31-22-24-33(25-23-31)43-38-20-9-10-21-40(38)45-42-39(43)27-26-36-35-18-7-8-19-37(35)44(41(36)42)34-17-11-16-32(28-34)30-14-5-2-6-15-30/h1-28H. The van der Waals surface area contributed by atoms with Gasteiger partial charge in [0.25, 0.3) is 0 Å². The van der Waals surface area contributed by atoms with Gasteiger partial charge in [-0.3, -0.25) is 0 Å². The average molecular weight is 577 g/mol. The number of fused-ring (bicyclic) bond motifs is 6. The van der Waals surface area contributed by atoms with Crippen LogP contribution in [0.5, 0.6) is 11.5 Å². The molecule has 0 unspecified atom stereocenters. The van der Waals surface area contributed by atoms with Crippen LogP contribution >= 0.6 is 0 Å². The van der Waals surface area contributed by atoms with Crippen LogP contribution in [0.3, 0.4) is 0 Å². The maximum Gasteiger partial charge on any atom is 0.176 e. The molecule has 0 fully saturated rings. The molecule has 0 spiro atoms. The van der Waals surface area contributed by atoms with Crippen molar-refractivity contribution < 1.29 is 4.74 Å². The van der Waals surface area contributed by atoms with Crippen molar-refractivity contribution in [1.29, 1.82) is 0 Å². The molecule has 0 radical (unpaired) electrons. The average Bonchev–Trinajstić information content (AvgIpc) is 3.46. The van der Waals surface area contributed by atoms with Gasteiger partial charge in [-0.15, -0.1) is 0 Å². The molecule has 0 saturated heterocycles. The lowest BCUT2D eigenvalue weighted by molar-refractivity contribution is 0.481. The SMILES string of the molecule is c1ccc(-c2ccc(N3c4ccccc4Oc4c3ccc3c5ccccc5n(-c5cccc(-c6ccccc6)c5)c43)cc2)cc1. The Hall–Kier alpha value is -6.06. The molecule has 0 aliphatic carbocycles. The molecule has 1 aliphatic rings. The second-order valence-electron chi connectivity index (χ2n) is 11.4. The lowest BCUT2D eigenvalue weighted by Gasteiger charge is -2.33. The van der Waals surface area contributed by atoms with Crippen LogP contribution in [-0.2, 0) is 0 Å². The summed E-state index contributed by atoms with van der Waals surface area (Å²) in [4.78, 5) is 2.32. The Labute approximate surface area is 261 Å². The molecule has 7 aromatic carbocycles. The fourth-order valence-corrected chi connectivity index (χ4v) is 6.70. The number of rotatable bonds is 4. The number of benzene rings is 7. The van der Waals surface area contributed by atoms with Crippen molar-refractivity contribution in [3.05, 3.63) is 170 Å². The maximum atomic E-state index is 6.88. The molecule has 45 heavy (non-hydrogen) atoms. The Kier molecular flexibility index (Phi) is 5.82. The maximum absolute atomic E-state index is 6.88. The highest BCUT2D eigenvalue weighted by molar-refractivity contribution is 6.14. The second kappa shape index (κ2) is 10.3. The fraction of sp³-hybridized carbons (Fsp3) is 0. The smallest absolute Gasteiger partial charge is 0.176 e. The van der Waals surface area contributed by atoms with Crippen LogP contribution in [0.1, 0.15) is 0 Å². The highest BCUT2D eigenvalue weighted by Crippen LogP contribution is 2.54. The van der Waals surface area contributed by atoms with Gasteiger partial charge in [-0.25, -0.2) is 0 Å². The summed E-state index contributed by atoms with van der Waals surface area (Å²) < 4.78 is 9.24. The first-order valence-electron chi connectivity index (χ1n) is 15.3. The molecule has 2 heterocycles. The zero-order valence-corrected chi connectivity index (χ0v) is 24.5. The van der Waals surface area contributed by atoms with Crippen LogP contribution in [0.4, 0.5) is 17.1 Å². The van der Waals surface area contributed by atoms with E-state index >= 15 is 0 Å². The molecule has 3 nitrogen and oxygen atoms in total. The molecular weight excluding hydrogens is 548 g/mol. The number of ether oxygens (including phenoxy) is 1. The van der Waals surface area contributed by atoms with E-state index in [0.717, 1.165) is 50.7 Å². The molecule has 0 amide bonds. The van der Waals surface area contributed by atoms with E-state index in [1.807, 2.05) is 6.07 Å². The predicted molar refractivity (Wildman–Crippen MR) is 186 cm³/mol. The van der Waals surface area contributed by atoms with E-state index in [9.17, 15) is 0 Å². The Morgan fingerprint density at radius 3 is 1.84 bits per heavy atom. The number of aromatic nitrogens is 1. The van der Waals surface area contributed by atoms with Gasteiger partial charge in [-0.1, -0.05) is 115 Å². The fourth-order valence-electron chi connectivity index (χ4n) is 6.70. The minimum Gasteiger partial charge on any atom is -0.451 e. The van der Waals surface area contributed by atoms with Gasteiger partial charge >= 0.3 is 0 Å². The van der Waals surface area contributed by atoms with Gasteiger partial charge < -0.3 is 14.2 Å². The first-order valence-corrected chi connectivity index (χ1v) is 15.3. The van der Waals surface area contributed by atoms with Gasteiger partial charge in [-0.05, 0) is 76.9 Å². The minimum absolute atomic E-state index is 0.833. The molecule has 0 N–H and O–H groups in total. The van der Waals surface area contributed by atoms with Crippen LogP contribution in [0, 0.1) is 0 Å². The van der Waals surface area contributed by atoms with Crippen LogP contribution < -0.4 is 9.64 Å². The molecule has 8 aromatic rings. The predicted octanol–water partition coefficient (Wildman–Crippen LogP) is 11.7. The lowest BCUT2D eigenvalue weighted by Crippen LogP contribution is -2.16. The zero-order chi connectivity index (χ0) is 29.7. The minimum atomic E-state index is 0.833. The van der Waals surface area contributed by atoms with E-state index in [2.05, 4.69) is 173 Å². The number of nitrogens with zero attached hydrogens (tertiary/aromatic N) is 2. The second-order valence-corrected chi connectivity index (χ2v) is 11.4. The zero-order valence-electron chi connectivity index (χ0n) is 24.5. The summed E-state index contributed by atoms with van der Waals surface area (Å²) in [6, 6.07) is 60.1. The Morgan fingerprint density at radius 1 is 0.400 bits per heavy atom. The van der Waals surface area contributed by atoms with Crippen molar-refractivity contribution in [2.45, 2.75) is 0 Å². The van der Waals surface area contributed by atoms with Crippen LogP contribution in [-0.4, -0.2) is 4.57 Å². The topological polar surface area (TPSA) is 17.4 Å². The van der Waals surface area contributed by atoms with E-state index in [-0.39, 0.29) is 0 Å². The third-order valence-electron chi connectivity index (χ3n) is 8.77. The van der Waals surface area contributed by atoms with Gasteiger partial charge in [0.2, 0.25) is 0 Å². The first kappa shape index (κ1) is 25.4. The van der Waals surface area contributed by atoms with Gasteiger partial charge in [0.15, 0.2) is 11.5 Å². The summed E-state index contributed by atoms with van der Waals surface area (Å²) in [5, 5.41) is 2.36. The summed E-state index contributed by atoms with van der Waals surface area (Å²) >= 11 is 0. The molecule has 0 atom stereocenters. The van der Waals surface area contributed by atoms with Gasteiger partial charge in [0.1, 0.15) is 0 Å². The van der Waals surface area contributed by atoms with Crippen LogP contribution in [0.2, 0.25) is 0 Å². The summed E-state index contributed by atoms with van der Waals surface area (Å²) in [6.07, 6.45) is 0. The van der Waals surface area contributed by atoms with Gasteiger partial charge in [0.05, 0.1) is 22.4 Å². The molecule has 0 bridgehead atoms. The number of hydrogen-bond donors (Lipinski definition) is 0. The van der Waals surface area contributed by atoms with Crippen LogP contribution in [0.15, 0.2) is 170 Å². The normalized spacial score (nSPS) is 12.1. The van der Waals surface area contributed by atoms with E-state index in [0.29, 0.717) is 0 Å². The number of anilines is 3. The lowest BCUT2D eigenvalue weighted by atomic mass is 10.0. The molecule has 9 rings (SSSR count). The van der Waals surface area contributed by atoms with E-state index in [4.69, 9.17) is 4.74 Å². The molecular formula is C42H28N2O. The summed E-state index contributed by atoms with van der Waals surface area (Å²) in [5.41, 5.74) is 11.2. The summed E-state index contributed by atoms with van der Waals surface area (Å²) in [5.74, 6) is 1.68. The van der Waals surface area contributed by atoms with E-state index in [1.54, 1.807) is 0 Å². The van der Waals surface area contributed by atoms with E-state index in [1.165, 1.54) is 27.6 Å². The first-order chi connectivity index (χ1) is 22.3. The van der Waals surface area contributed by atoms with Crippen molar-refractivity contribution in [3.8, 4) is 39.4 Å². The Balaban J connectivity index is 1.28. The van der Waals surface area contributed by atoms with Gasteiger partial charge in [0, 0.05) is 22.1 Å². The van der Waals surface area contributed by atoms with Crippen molar-refractivity contribution in [3.63, 3.8) is 0 Å². The Morgan fingerprint density at radius 2 is 1.04 bits per heavy atom. The highest BCUT2D eigenvalue weighted by Gasteiger charge is 2.30. The molecule has 3 heteroatoms. The molecule has 0 saturated carbocycles. The molecule has 1 aromatic heterocycles. The van der Waals surface area contributed by atoms with Crippen molar-refractivity contribution >= 4 is 38.9 Å². The van der Waals surface area contributed by atoms with Gasteiger partial charge in [-0.2, -0.15) is 0 Å². The summed E-state index contributed by atoms with van der Waals surface area (Å²) in [6.45, 7) is 0. The number of para-hydroxylation sites is 3. The molecule has 212 valence electrons. The van der Waals surface area contributed by atoms with Crippen molar-refractivity contribution in [1.82, 2.24) is 4.57 Å². The molecule has 1 aliphatic heterocycles. The summed E-state index contributed by atoms with van der Waals surface area (Å²) in [7, 11) is 0. The third-order valence-corrected chi connectivity index (χ3v) is 8.77. The third kappa shape index (κ3) is 4.13. The largest absolute Gasteiger partial charge is 0.451 e. The quantitative estimate of drug-likeness (QED) is 0.207. The highest BCUT2D eigenvalue weighted by atomic mass is 16.5. The van der Waals surface area contributed by atoms with Crippen molar-refractivity contribution in [2.24, 2.45) is 0 Å². The Bertz CT molecular complexity index is 2340. The van der Waals surface area contributed by atoms with E-state index < -0.39 is 0 Å². The van der Waals surface area contributed by atoms with Crippen LogP contribution in [0.25, 0.3) is 49.7 Å². The number of hydrogen-bond acceptors (Lipinski definition) is 2. The monoisotopic (exact) mass is 576 g/mol.